The van der Waals surface area contributed by atoms with Gasteiger partial charge >= 0.3 is 0 Å². The number of thiophene rings is 1. The predicted molar refractivity (Wildman–Crippen MR) is 75.3 cm³/mol. The first-order valence-electron chi connectivity index (χ1n) is 4.58. The third-order valence-electron chi connectivity index (χ3n) is 1.97. The molecule has 1 N–H and O–H groups in total. The second-order valence-corrected chi connectivity index (χ2v) is 5.94. The van der Waals surface area contributed by atoms with E-state index in [4.69, 9.17) is 12.2 Å². The largest absolute Gasteiger partial charge is 0.370 e. The lowest BCUT2D eigenvalue weighted by Crippen LogP contribution is -2.15. The van der Waals surface area contributed by atoms with Crippen LogP contribution in [0.2, 0.25) is 0 Å². The van der Waals surface area contributed by atoms with Crippen molar-refractivity contribution in [3.63, 3.8) is 0 Å². The molecule has 0 spiro atoms. The van der Waals surface area contributed by atoms with Crippen LogP contribution in [0.3, 0.4) is 0 Å². The summed E-state index contributed by atoms with van der Waals surface area (Å²) in [7, 11) is 4.01. The number of hydrogen-bond acceptors (Lipinski definition) is 5. The highest BCUT2D eigenvalue weighted by molar-refractivity contribution is 8.19. The molecule has 0 saturated carbocycles. The molecule has 1 amide bonds. The van der Waals surface area contributed by atoms with E-state index in [0.29, 0.717) is 4.99 Å². The van der Waals surface area contributed by atoms with Gasteiger partial charge in [0.25, 0.3) is 5.24 Å². The minimum absolute atomic E-state index is 0.0966. The van der Waals surface area contributed by atoms with Crippen LogP contribution in [0.4, 0.5) is 9.80 Å². The minimum Gasteiger partial charge on any atom is -0.370 e. The van der Waals surface area contributed by atoms with E-state index in [9.17, 15) is 4.79 Å². The molecule has 0 radical (unpaired) electrons. The Bertz CT molecular complexity index is 476. The zero-order chi connectivity index (χ0) is 11.7. The number of amides is 1. The van der Waals surface area contributed by atoms with Crippen molar-refractivity contribution in [2.24, 2.45) is 0 Å². The number of nitrogens with one attached hydrogen (secondary N) is 1. The highest BCUT2D eigenvalue weighted by atomic mass is 32.2. The number of nitrogens with zero attached hydrogens (tertiary/aromatic N) is 1. The summed E-state index contributed by atoms with van der Waals surface area (Å²) in [6.45, 7) is 0. The van der Waals surface area contributed by atoms with Crippen LogP contribution in [0.5, 0.6) is 0 Å². The quantitative estimate of drug-likeness (QED) is 0.661. The number of hydrogen-bond donors (Lipinski definition) is 1. The molecule has 1 aromatic heterocycles. The van der Waals surface area contributed by atoms with Gasteiger partial charge in [-0.3, -0.25) is 4.79 Å². The molecule has 16 heavy (non-hydrogen) atoms. The van der Waals surface area contributed by atoms with E-state index in [1.807, 2.05) is 26.2 Å². The lowest BCUT2D eigenvalue weighted by Gasteiger charge is -2.06. The zero-order valence-electron chi connectivity index (χ0n) is 8.81. The van der Waals surface area contributed by atoms with Gasteiger partial charge < -0.3 is 10.2 Å². The molecule has 1 aromatic rings. The SMILES string of the molecule is CN(C)c1ccc(/C=C2\SC(=O)NC2=S)s1. The minimum atomic E-state index is -0.0966. The Labute approximate surface area is 108 Å². The maximum atomic E-state index is 11.1. The maximum absolute atomic E-state index is 11.1. The highest BCUT2D eigenvalue weighted by Gasteiger charge is 2.21. The molecule has 6 heteroatoms. The van der Waals surface area contributed by atoms with E-state index in [2.05, 4.69) is 16.3 Å². The fourth-order valence-corrected chi connectivity index (χ4v) is 3.18. The average molecular weight is 270 g/mol. The molecule has 0 unspecified atom stereocenters. The average Bonchev–Trinajstić information content (AvgIpc) is 2.75. The molecule has 1 aliphatic rings. The Morgan fingerprint density at radius 2 is 2.19 bits per heavy atom. The van der Waals surface area contributed by atoms with Crippen LogP contribution in [0.1, 0.15) is 4.88 Å². The van der Waals surface area contributed by atoms with Gasteiger partial charge in [-0.1, -0.05) is 12.2 Å². The summed E-state index contributed by atoms with van der Waals surface area (Å²) in [6, 6.07) is 4.08. The van der Waals surface area contributed by atoms with Crippen LogP contribution in [0, 0.1) is 0 Å². The van der Waals surface area contributed by atoms with Crippen LogP contribution in [-0.4, -0.2) is 24.3 Å². The molecular formula is C10H10N2OS3. The fraction of sp³-hybridized carbons (Fsp3) is 0.200. The van der Waals surface area contributed by atoms with Crippen molar-refractivity contribution in [3.05, 3.63) is 21.9 Å². The fourth-order valence-electron chi connectivity index (χ4n) is 1.21. The van der Waals surface area contributed by atoms with E-state index in [1.165, 1.54) is 5.00 Å². The second-order valence-electron chi connectivity index (χ2n) is 3.42. The molecule has 1 aliphatic heterocycles. The normalized spacial score (nSPS) is 18.0. The summed E-state index contributed by atoms with van der Waals surface area (Å²) < 4.78 is 0. The lowest BCUT2D eigenvalue weighted by atomic mass is 10.4. The second kappa shape index (κ2) is 4.57. The Morgan fingerprint density at radius 1 is 1.44 bits per heavy atom. The molecule has 84 valence electrons. The molecule has 0 atom stereocenters. The topological polar surface area (TPSA) is 32.3 Å². The Kier molecular flexibility index (Phi) is 3.32. The third-order valence-corrected chi connectivity index (χ3v) is 4.45. The first-order valence-corrected chi connectivity index (χ1v) is 6.62. The molecule has 0 aromatic carbocycles. The first-order chi connectivity index (χ1) is 7.56. The van der Waals surface area contributed by atoms with E-state index in [1.54, 1.807) is 11.3 Å². The number of carbonyl (C=O) groups excluding carboxylic acids is 1. The van der Waals surface area contributed by atoms with Gasteiger partial charge in [0.05, 0.1) is 9.91 Å². The number of rotatable bonds is 2. The Morgan fingerprint density at radius 3 is 2.69 bits per heavy atom. The summed E-state index contributed by atoms with van der Waals surface area (Å²) in [6.07, 6.45) is 1.95. The number of thiocarbonyl (C=S) groups is 1. The van der Waals surface area contributed by atoms with Gasteiger partial charge in [-0.05, 0) is 30.0 Å². The van der Waals surface area contributed by atoms with Gasteiger partial charge in [0.2, 0.25) is 0 Å². The summed E-state index contributed by atoms with van der Waals surface area (Å²) in [5, 5.41) is 3.68. The van der Waals surface area contributed by atoms with Crippen molar-refractivity contribution in [1.29, 1.82) is 0 Å². The molecule has 3 nitrogen and oxygen atoms in total. The van der Waals surface area contributed by atoms with E-state index in [-0.39, 0.29) is 5.24 Å². The summed E-state index contributed by atoms with van der Waals surface area (Å²) in [5.74, 6) is 0. The molecular weight excluding hydrogens is 260 g/mol. The van der Waals surface area contributed by atoms with Crippen LogP contribution >= 0.6 is 35.3 Å². The molecule has 0 aliphatic carbocycles. The smallest absolute Gasteiger partial charge is 0.289 e. The van der Waals surface area contributed by atoms with Crippen LogP contribution in [0.15, 0.2) is 17.0 Å². The molecule has 0 bridgehead atoms. The van der Waals surface area contributed by atoms with Crippen molar-refractivity contribution in [3.8, 4) is 0 Å². The maximum Gasteiger partial charge on any atom is 0.289 e. The van der Waals surface area contributed by atoms with Crippen LogP contribution in [0.25, 0.3) is 6.08 Å². The molecule has 2 heterocycles. The van der Waals surface area contributed by atoms with Gasteiger partial charge in [0, 0.05) is 19.0 Å². The number of anilines is 1. The zero-order valence-corrected chi connectivity index (χ0v) is 11.3. The van der Waals surface area contributed by atoms with Gasteiger partial charge in [-0.15, -0.1) is 11.3 Å². The van der Waals surface area contributed by atoms with Crippen LogP contribution in [-0.2, 0) is 0 Å². The van der Waals surface area contributed by atoms with Crippen molar-refractivity contribution in [2.45, 2.75) is 0 Å². The van der Waals surface area contributed by atoms with Crippen molar-refractivity contribution < 1.29 is 4.79 Å². The number of thioether (sulfide) groups is 1. The van der Waals surface area contributed by atoms with Gasteiger partial charge in [-0.25, -0.2) is 0 Å². The monoisotopic (exact) mass is 270 g/mol. The van der Waals surface area contributed by atoms with E-state index in [0.717, 1.165) is 21.5 Å². The highest BCUT2D eigenvalue weighted by Crippen LogP contribution is 2.31. The molecule has 2 rings (SSSR count). The van der Waals surface area contributed by atoms with E-state index < -0.39 is 0 Å². The van der Waals surface area contributed by atoms with Crippen LogP contribution < -0.4 is 10.2 Å². The van der Waals surface area contributed by atoms with Gasteiger partial charge in [-0.2, -0.15) is 0 Å². The summed E-state index contributed by atoms with van der Waals surface area (Å²) in [5.41, 5.74) is 0. The first kappa shape index (κ1) is 11.6. The summed E-state index contributed by atoms with van der Waals surface area (Å²) >= 11 is 7.87. The Balaban J connectivity index is 2.22. The van der Waals surface area contributed by atoms with E-state index >= 15 is 0 Å². The Hall–Kier alpha value is -0.850. The molecule has 1 saturated heterocycles. The standard InChI is InChI=1S/C10H10N2OS3/c1-12(2)8-4-3-6(15-8)5-7-9(14)11-10(13)16-7/h3-5H,1-2H3,(H,11,13,14)/b7-5-. The van der Waals surface area contributed by atoms with Gasteiger partial charge in [0.1, 0.15) is 4.99 Å². The predicted octanol–water partition coefficient (Wildman–Crippen LogP) is 2.94. The van der Waals surface area contributed by atoms with Crippen molar-refractivity contribution in [1.82, 2.24) is 5.32 Å². The summed E-state index contributed by atoms with van der Waals surface area (Å²) in [4.78, 5) is 15.6. The van der Waals surface area contributed by atoms with Crippen molar-refractivity contribution in [2.75, 3.05) is 19.0 Å². The van der Waals surface area contributed by atoms with Gasteiger partial charge in [0.15, 0.2) is 0 Å². The lowest BCUT2D eigenvalue weighted by molar-refractivity contribution is 0.265. The molecule has 1 fully saturated rings. The number of carbonyl (C=O) groups is 1. The van der Waals surface area contributed by atoms with Crippen molar-refractivity contribution >= 4 is 56.6 Å². The third kappa shape index (κ3) is 2.45.